The first-order valence-electron chi connectivity index (χ1n) is 14.9. The van der Waals surface area contributed by atoms with E-state index in [4.69, 9.17) is 20.1 Å². The highest BCUT2D eigenvalue weighted by molar-refractivity contribution is 5.83. The number of anilines is 2. The second kappa shape index (κ2) is 13.7. The van der Waals surface area contributed by atoms with Crippen LogP contribution in [0.4, 0.5) is 11.4 Å². The van der Waals surface area contributed by atoms with Crippen LogP contribution in [-0.4, -0.2) is 26.7 Å². The van der Waals surface area contributed by atoms with Crippen LogP contribution in [0.1, 0.15) is 31.9 Å². The molecular formula is C37H32N4O5. The molecule has 1 aliphatic heterocycles. The first-order valence-corrected chi connectivity index (χ1v) is 14.9. The molecule has 0 radical (unpaired) electrons. The average Bonchev–Trinajstić information content (AvgIpc) is 3.06. The molecule has 0 N–H and O–H groups in total. The summed E-state index contributed by atoms with van der Waals surface area (Å²) in [5, 5.41) is 11.0. The van der Waals surface area contributed by atoms with E-state index in [1.807, 2.05) is 61.3 Å². The van der Waals surface area contributed by atoms with Gasteiger partial charge in [0.15, 0.2) is 0 Å². The number of ether oxygens (including phenoxy) is 1. The van der Waals surface area contributed by atoms with Gasteiger partial charge >= 0.3 is 11.3 Å². The summed E-state index contributed by atoms with van der Waals surface area (Å²) in [6.07, 6.45) is 9.33. The van der Waals surface area contributed by atoms with Crippen molar-refractivity contribution < 1.29 is 13.6 Å². The Labute approximate surface area is 266 Å². The van der Waals surface area contributed by atoms with E-state index in [9.17, 15) is 14.9 Å². The lowest BCUT2D eigenvalue weighted by Crippen LogP contribution is -2.21. The molecule has 46 heavy (non-hydrogen) atoms. The van der Waals surface area contributed by atoms with Gasteiger partial charge in [-0.15, -0.1) is 0 Å². The SMILES string of the molecule is [C-]#[N+]/C(C#N)=C1C=C(/C=C/c2cc3ccc(N(C)CC)cc3oc2=O)OC(/C=C/c2cc3ccc(N(CC)CC)cc3oc2=O)=C/1. The number of nitriles is 1. The molecule has 1 aliphatic rings. The molecule has 0 fully saturated rings. The number of hydrogen-bond acceptors (Lipinski definition) is 8. The molecule has 0 amide bonds. The summed E-state index contributed by atoms with van der Waals surface area (Å²) in [5.41, 5.74) is 2.64. The van der Waals surface area contributed by atoms with Gasteiger partial charge in [0, 0.05) is 61.0 Å². The van der Waals surface area contributed by atoms with Crippen LogP contribution in [0.25, 0.3) is 38.9 Å². The minimum Gasteiger partial charge on any atom is -0.457 e. The van der Waals surface area contributed by atoms with Gasteiger partial charge in [-0.05, 0) is 99.2 Å². The fraction of sp³-hybridized carbons (Fsp3) is 0.189. The smallest absolute Gasteiger partial charge is 0.343 e. The highest BCUT2D eigenvalue weighted by Crippen LogP contribution is 2.27. The molecule has 2 aromatic carbocycles. The Morgan fingerprint density at radius 2 is 1.33 bits per heavy atom. The molecule has 9 heteroatoms. The van der Waals surface area contributed by atoms with Gasteiger partial charge in [0.1, 0.15) is 22.7 Å². The predicted molar refractivity (Wildman–Crippen MR) is 182 cm³/mol. The second-order valence-corrected chi connectivity index (χ2v) is 10.5. The summed E-state index contributed by atoms with van der Waals surface area (Å²) in [7, 11) is 1.96. The van der Waals surface area contributed by atoms with Crippen LogP contribution < -0.4 is 21.1 Å². The molecule has 230 valence electrons. The third-order valence-corrected chi connectivity index (χ3v) is 7.71. The largest absolute Gasteiger partial charge is 0.457 e. The van der Waals surface area contributed by atoms with E-state index in [0.717, 1.165) is 41.8 Å². The Hall–Kier alpha value is -6.06. The van der Waals surface area contributed by atoms with E-state index in [2.05, 4.69) is 23.6 Å². The highest BCUT2D eigenvalue weighted by atomic mass is 16.5. The first kappa shape index (κ1) is 31.4. The maximum atomic E-state index is 12.9. The summed E-state index contributed by atoms with van der Waals surface area (Å²) < 4.78 is 17.2. The topological polar surface area (TPSA) is 104 Å². The molecule has 4 aromatic rings. The van der Waals surface area contributed by atoms with Gasteiger partial charge in [-0.3, -0.25) is 0 Å². The highest BCUT2D eigenvalue weighted by Gasteiger charge is 2.14. The Balaban J connectivity index is 1.44. The maximum Gasteiger partial charge on any atom is 0.343 e. The Bertz CT molecular complexity index is 2160. The Morgan fingerprint density at radius 3 is 1.80 bits per heavy atom. The number of rotatable bonds is 9. The minimum absolute atomic E-state index is 0.132. The molecule has 0 spiro atoms. The number of fused-ring (bicyclic) bond motifs is 2. The first-order chi connectivity index (χ1) is 22.3. The van der Waals surface area contributed by atoms with Gasteiger partial charge in [0.05, 0.1) is 23.8 Å². The molecule has 0 unspecified atom stereocenters. The molecule has 0 bridgehead atoms. The van der Waals surface area contributed by atoms with Crippen LogP contribution in [0, 0.1) is 17.9 Å². The molecule has 2 aromatic heterocycles. The third kappa shape index (κ3) is 6.69. The number of hydrogen-bond donors (Lipinski definition) is 0. The zero-order valence-corrected chi connectivity index (χ0v) is 26.0. The molecule has 5 rings (SSSR count). The number of benzene rings is 2. The van der Waals surface area contributed by atoms with Crippen LogP contribution in [0.15, 0.2) is 114 Å². The van der Waals surface area contributed by atoms with Crippen LogP contribution >= 0.6 is 0 Å². The van der Waals surface area contributed by atoms with E-state index in [1.54, 1.807) is 42.5 Å². The Kier molecular flexibility index (Phi) is 9.35. The van der Waals surface area contributed by atoms with Gasteiger partial charge < -0.3 is 23.4 Å². The fourth-order valence-corrected chi connectivity index (χ4v) is 5.01. The van der Waals surface area contributed by atoms with Gasteiger partial charge in [0.25, 0.3) is 5.70 Å². The van der Waals surface area contributed by atoms with Crippen LogP contribution in [0.3, 0.4) is 0 Å². The zero-order chi connectivity index (χ0) is 32.8. The van der Waals surface area contributed by atoms with Crippen LogP contribution in [-0.2, 0) is 4.74 Å². The summed E-state index contributed by atoms with van der Waals surface area (Å²) >= 11 is 0. The van der Waals surface area contributed by atoms with Gasteiger partial charge in [-0.2, -0.15) is 0 Å². The molecule has 3 heterocycles. The molecule has 0 saturated carbocycles. The lowest BCUT2D eigenvalue weighted by molar-refractivity contribution is 0.332. The van der Waals surface area contributed by atoms with Crippen LogP contribution in [0.2, 0.25) is 0 Å². The van der Waals surface area contributed by atoms with Gasteiger partial charge in [-0.1, -0.05) is 0 Å². The molecule has 9 nitrogen and oxygen atoms in total. The number of nitrogens with zero attached hydrogens (tertiary/aromatic N) is 4. The van der Waals surface area contributed by atoms with Gasteiger partial charge in [-0.25, -0.2) is 19.7 Å². The van der Waals surface area contributed by atoms with Crippen molar-refractivity contribution in [2.45, 2.75) is 20.8 Å². The van der Waals surface area contributed by atoms with Crippen molar-refractivity contribution in [1.29, 1.82) is 5.26 Å². The van der Waals surface area contributed by atoms with Crippen molar-refractivity contribution in [1.82, 2.24) is 0 Å². The van der Waals surface area contributed by atoms with E-state index in [0.29, 0.717) is 27.9 Å². The van der Waals surface area contributed by atoms with Crippen molar-refractivity contribution >= 4 is 45.5 Å². The Morgan fingerprint density at radius 1 is 0.804 bits per heavy atom. The van der Waals surface area contributed by atoms with E-state index < -0.39 is 11.3 Å². The van der Waals surface area contributed by atoms with Crippen molar-refractivity contribution in [2.75, 3.05) is 36.5 Å². The summed E-state index contributed by atoms with van der Waals surface area (Å²) in [5.74, 6) is 0.561. The monoisotopic (exact) mass is 612 g/mol. The van der Waals surface area contributed by atoms with E-state index >= 15 is 0 Å². The molecular weight excluding hydrogens is 580 g/mol. The van der Waals surface area contributed by atoms with Crippen molar-refractivity contribution in [3.05, 3.63) is 139 Å². The maximum absolute atomic E-state index is 12.9. The van der Waals surface area contributed by atoms with Gasteiger partial charge in [0.2, 0.25) is 0 Å². The molecule has 0 saturated heterocycles. The third-order valence-electron chi connectivity index (χ3n) is 7.71. The van der Waals surface area contributed by atoms with E-state index in [1.165, 1.54) is 6.08 Å². The van der Waals surface area contributed by atoms with Crippen molar-refractivity contribution in [3.8, 4) is 6.07 Å². The minimum atomic E-state index is -0.519. The fourth-order valence-electron chi connectivity index (χ4n) is 5.01. The van der Waals surface area contributed by atoms with Crippen LogP contribution in [0.5, 0.6) is 0 Å². The standard InChI is InChI=1S/C37H32N4O5/c1-6-40(5)29-13-9-24-17-26(36(42)45-34(24)21-29)11-15-31-19-28(33(23-38)39-4)20-32(44-31)16-12-27-18-25-10-14-30(41(7-2)8-3)22-35(25)46-37(27)43/h9-22H,6-8H2,1-3,5H3/b15-11+,16-12+,33-28-. The molecule has 0 aliphatic carbocycles. The lowest BCUT2D eigenvalue weighted by Gasteiger charge is -2.20. The van der Waals surface area contributed by atoms with Crippen molar-refractivity contribution in [2.24, 2.45) is 0 Å². The van der Waals surface area contributed by atoms with E-state index in [-0.39, 0.29) is 17.2 Å². The lowest BCUT2D eigenvalue weighted by atomic mass is 10.1. The predicted octanol–water partition coefficient (Wildman–Crippen LogP) is 7.42. The zero-order valence-electron chi connectivity index (χ0n) is 26.0. The summed E-state index contributed by atoms with van der Waals surface area (Å²) in [6.45, 7) is 16.1. The number of allylic oxidation sites excluding steroid dienone is 6. The second-order valence-electron chi connectivity index (χ2n) is 10.5. The average molecular weight is 613 g/mol. The molecule has 0 atom stereocenters. The normalized spacial score (nSPS) is 14.1. The van der Waals surface area contributed by atoms with Crippen molar-refractivity contribution in [3.63, 3.8) is 0 Å². The quantitative estimate of drug-likeness (QED) is 0.109. The summed E-state index contributed by atoms with van der Waals surface area (Å²) in [4.78, 5) is 33.2. The summed E-state index contributed by atoms with van der Waals surface area (Å²) in [6, 6.07) is 16.8.